The van der Waals surface area contributed by atoms with Gasteiger partial charge < -0.3 is 15.7 Å². The number of nitrogens with two attached hydrogens (primary N) is 1. The summed E-state index contributed by atoms with van der Waals surface area (Å²) < 4.78 is 0. The van der Waals surface area contributed by atoms with Crippen LogP contribution in [0.4, 0.5) is 0 Å². The summed E-state index contributed by atoms with van der Waals surface area (Å²) in [6.45, 7) is 6.23. The highest BCUT2D eigenvalue weighted by atomic mass is 16.3. The van der Waals surface area contributed by atoms with Crippen LogP contribution in [0.3, 0.4) is 0 Å². The van der Waals surface area contributed by atoms with Crippen LogP contribution in [0.5, 0.6) is 0 Å². The molecule has 1 saturated heterocycles. The standard InChI is InChI=1S/C14H28N2O/c1-14(2,17)11-7-9-16(10-8-11)13-5-3-12(15)4-6-13/h11-13,17H,3-10,15H2,1-2H3. The molecule has 0 spiro atoms. The van der Waals surface area contributed by atoms with E-state index in [1.54, 1.807) is 0 Å². The fraction of sp³-hybridized carbons (Fsp3) is 1.00. The molecule has 1 aliphatic heterocycles. The van der Waals surface area contributed by atoms with Crippen molar-refractivity contribution in [3.63, 3.8) is 0 Å². The van der Waals surface area contributed by atoms with Gasteiger partial charge >= 0.3 is 0 Å². The third-order valence-corrected chi connectivity index (χ3v) is 4.79. The second-order valence-corrected chi connectivity index (χ2v) is 6.53. The zero-order valence-corrected chi connectivity index (χ0v) is 11.4. The summed E-state index contributed by atoms with van der Waals surface area (Å²) in [5.41, 5.74) is 5.46. The van der Waals surface area contributed by atoms with E-state index in [1.807, 2.05) is 13.8 Å². The molecule has 0 amide bonds. The van der Waals surface area contributed by atoms with Gasteiger partial charge in [-0.15, -0.1) is 0 Å². The quantitative estimate of drug-likeness (QED) is 0.773. The van der Waals surface area contributed by atoms with Crippen LogP contribution in [-0.2, 0) is 0 Å². The number of hydrogen-bond donors (Lipinski definition) is 2. The highest BCUT2D eigenvalue weighted by Gasteiger charge is 2.33. The average Bonchev–Trinajstić information content (AvgIpc) is 2.29. The number of nitrogens with zero attached hydrogens (tertiary/aromatic N) is 1. The van der Waals surface area contributed by atoms with Gasteiger partial charge in [-0.2, -0.15) is 0 Å². The fourth-order valence-electron chi connectivity index (χ4n) is 3.44. The third kappa shape index (κ3) is 3.43. The monoisotopic (exact) mass is 240 g/mol. The molecular weight excluding hydrogens is 212 g/mol. The van der Waals surface area contributed by atoms with Crippen LogP contribution in [0.25, 0.3) is 0 Å². The Kier molecular flexibility index (Phi) is 4.11. The van der Waals surface area contributed by atoms with Crippen LogP contribution in [-0.4, -0.2) is 40.8 Å². The first kappa shape index (κ1) is 13.3. The molecule has 0 aromatic rings. The number of rotatable bonds is 2. The minimum absolute atomic E-state index is 0.445. The lowest BCUT2D eigenvalue weighted by molar-refractivity contribution is -0.0216. The minimum atomic E-state index is -0.499. The van der Waals surface area contributed by atoms with E-state index in [-0.39, 0.29) is 0 Å². The van der Waals surface area contributed by atoms with Crippen LogP contribution >= 0.6 is 0 Å². The molecule has 3 heteroatoms. The highest BCUT2D eigenvalue weighted by Crippen LogP contribution is 2.31. The second-order valence-electron chi connectivity index (χ2n) is 6.53. The van der Waals surface area contributed by atoms with Crippen molar-refractivity contribution in [2.75, 3.05) is 13.1 Å². The zero-order chi connectivity index (χ0) is 12.5. The Hall–Kier alpha value is -0.120. The van der Waals surface area contributed by atoms with E-state index < -0.39 is 5.60 Å². The first-order valence-corrected chi connectivity index (χ1v) is 7.19. The Morgan fingerprint density at radius 1 is 1.00 bits per heavy atom. The maximum atomic E-state index is 10.0. The Bertz CT molecular complexity index is 233. The summed E-state index contributed by atoms with van der Waals surface area (Å²) >= 11 is 0. The van der Waals surface area contributed by atoms with Crippen molar-refractivity contribution in [3.05, 3.63) is 0 Å². The van der Waals surface area contributed by atoms with Crippen molar-refractivity contribution in [3.8, 4) is 0 Å². The van der Waals surface area contributed by atoms with E-state index in [0.29, 0.717) is 12.0 Å². The van der Waals surface area contributed by atoms with Crippen LogP contribution in [0.1, 0.15) is 52.4 Å². The maximum absolute atomic E-state index is 10.0. The molecular formula is C14H28N2O. The summed E-state index contributed by atoms with van der Waals surface area (Å²) in [6, 6.07) is 1.21. The van der Waals surface area contributed by atoms with E-state index >= 15 is 0 Å². The third-order valence-electron chi connectivity index (χ3n) is 4.79. The Morgan fingerprint density at radius 2 is 1.53 bits per heavy atom. The molecule has 100 valence electrons. The predicted molar refractivity (Wildman–Crippen MR) is 70.8 cm³/mol. The predicted octanol–water partition coefficient (Wildman–Crippen LogP) is 1.74. The zero-order valence-electron chi connectivity index (χ0n) is 11.4. The molecule has 17 heavy (non-hydrogen) atoms. The van der Waals surface area contributed by atoms with Gasteiger partial charge in [0.05, 0.1) is 5.60 Å². The van der Waals surface area contributed by atoms with Gasteiger partial charge in [-0.1, -0.05) is 0 Å². The first-order chi connectivity index (χ1) is 7.97. The SMILES string of the molecule is CC(C)(O)C1CCN(C2CCC(N)CC2)CC1. The molecule has 1 heterocycles. The van der Waals surface area contributed by atoms with Gasteiger partial charge in [-0.3, -0.25) is 0 Å². The van der Waals surface area contributed by atoms with Crippen LogP contribution in [0.15, 0.2) is 0 Å². The summed E-state index contributed by atoms with van der Waals surface area (Å²) in [4.78, 5) is 2.63. The molecule has 2 aliphatic rings. The largest absolute Gasteiger partial charge is 0.390 e. The van der Waals surface area contributed by atoms with Gasteiger partial charge in [-0.25, -0.2) is 0 Å². The number of piperidine rings is 1. The van der Waals surface area contributed by atoms with Crippen molar-refractivity contribution in [1.82, 2.24) is 4.90 Å². The van der Waals surface area contributed by atoms with Crippen LogP contribution in [0.2, 0.25) is 0 Å². The number of hydrogen-bond acceptors (Lipinski definition) is 3. The van der Waals surface area contributed by atoms with Crippen molar-refractivity contribution >= 4 is 0 Å². The van der Waals surface area contributed by atoms with E-state index in [2.05, 4.69) is 4.90 Å². The average molecular weight is 240 g/mol. The van der Waals surface area contributed by atoms with Gasteiger partial charge in [0.25, 0.3) is 0 Å². The lowest BCUT2D eigenvalue weighted by atomic mass is 9.81. The normalized spacial score (nSPS) is 33.9. The van der Waals surface area contributed by atoms with Crippen LogP contribution < -0.4 is 5.73 Å². The van der Waals surface area contributed by atoms with Crippen molar-refractivity contribution in [1.29, 1.82) is 0 Å². The molecule has 0 aromatic carbocycles. The highest BCUT2D eigenvalue weighted by molar-refractivity contribution is 4.87. The lowest BCUT2D eigenvalue weighted by Crippen LogP contribution is -2.47. The summed E-state index contributed by atoms with van der Waals surface area (Å²) in [5.74, 6) is 0.476. The molecule has 0 radical (unpaired) electrons. The van der Waals surface area contributed by atoms with Crippen LogP contribution in [0, 0.1) is 5.92 Å². The maximum Gasteiger partial charge on any atom is 0.0620 e. The van der Waals surface area contributed by atoms with Gasteiger partial charge in [-0.05, 0) is 71.4 Å². The Morgan fingerprint density at radius 3 is 2.00 bits per heavy atom. The molecule has 1 saturated carbocycles. The molecule has 0 unspecified atom stereocenters. The molecule has 3 nitrogen and oxygen atoms in total. The smallest absolute Gasteiger partial charge is 0.0620 e. The molecule has 1 aliphatic carbocycles. The summed E-state index contributed by atoms with van der Waals surface area (Å²) in [6.07, 6.45) is 7.22. The van der Waals surface area contributed by atoms with E-state index in [4.69, 9.17) is 5.73 Å². The molecule has 0 atom stereocenters. The van der Waals surface area contributed by atoms with Crippen molar-refractivity contribution in [2.45, 2.75) is 70.1 Å². The minimum Gasteiger partial charge on any atom is -0.390 e. The summed E-state index contributed by atoms with van der Waals surface area (Å²) in [5, 5.41) is 10.0. The van der Waals surface area contributed by atoms with Crippen molar-refractivity contribution in [2.24, 2.45) is 11.7 Å². The van der Waals surface area contributed by atoms with E-state index in [1.165, 1.54) is 25.7 Å². The topological polar surface area (TPSA) is 49.5 Å². The van der Waals surface area contributed by atoms with Crippen molar-refractivity contribution < 1.29 is 5.11 Å². The molecule has 0 bridgehead atoms. The molecule has 2 rings (SSSR count). The molecule has 3 N–H and O–H groups in total. The number of likely N-dealkylation sites (tertiary alicyclic amines) is 1. The fourth-order valence-corrected chi connectivity index (χ4v) is 3.44. The van der Waals surface area contributed by atoms with Gasteiger partial charge in [0.1, 0.15) is 0 Å². The Labute approximate surface area is 105 Å². The van der Waals surface area contributed by atoms with Gasteiger partial charge in [0.15, 0.2) is 0 Å². The van der Waals surface area contributed by atoms with Gasteiger partial charge in [0.2, 0.25) is 0 Å². The first-order valence-electron chi connectivity index (χ1n) is 7.19. The Balaban J connectivity index is 1.79. The molecule has 0 aromatic heterocycles. The second kappa shape index (κ2) is 5.25. The van der Waals surface area contributed by atoms with Gasteiger partial charge in [0, 0.05) is 12.1 Å². The molecule has 2 fully saturated rings. The number of aliphatic hydroxyl groups is 1. The van der Waals surface area contributed by atoms with E-state index in [9.17, 15) is 5.11 Å². The van der Waals surface area contributed by atoms with E-state index in [0.717, 1.165) is 32.0 Å². The lowest BCUT2D eigenvalue weighted by Gasteiger charge is -2.43. The summed E-state index contributed by atoms with van der Waals surface area (Å²) in [7, 11) is 0.